The molecule has 0 spiro atoms. The maximum absolute atomic E-state index is 11.8. The van der Waals surface area contributed by atoms with Gasteiger partial charge in [-0.2, -0.15) is 0 Å². The number of carbonyl (C=O) groups excluding carboxylic acids is 1. The Balaban J connectivity index is 1.67. The Morgan fingerprint density at radius 1 is 1.21 bits per heavy atom. The number of rotatable bonds is 3. The van der Waals surface area contributed by atoms with Gasteiger partial charge in [-0.25, -0.2) is 4.98 Å². The Bertz CT molecular complexity index is 542. The number of nitrogens with zero attached hydrogens (tertiary/aromatic N) is 1. The Kier molecular flexibility index (Phi) is 3.60. The van der Waals surface area contributed by atoms with Gasteiger partial charge >= 0.3 is 0 Å². The minimum atomic E-state index is -0.144. The smallest absolute Gasteiger partial charge is 0.275 e. The summed E-state index contributed by atoms with van der Waals surface area (Å²) in [6.07, 6.45) is 5.27. The van der Waals surface area contributed by atoms with Crippen LogP contribution in [0.25, 0.3) is 0 Å². The number of aromatic nitrogens is 1. The molecule has 1 saturated carbocycles. The average Bonchev–Trinajstić information content (AvgIpc) is 3.13. The van der Waals surface area contributed by atoms with Gasteiger partial charge in [-0.1, -0.05) is 25.0 Å². The summed E-state index contributed by atoms with van der Waals surface area (Å²) < 4.78 is 0. The highest BCUT2D eigenvalue weighted by molar-refractivity contribution is 7.07. The van der Waals surface area contributed by atoms with Crippen molar-refractivity contribution in [2.75, 3.05) is 5.32 Å². The molecule has 0 radical (unpaired) electrons. The molecular weight excluding hydrogens is 256 g/mol. The largest absolute Gasteiger partial charge is 0.321 e. The van der Waals surface area contributed by atoms with Gasteiger partial charge < -0.3 is 5.32 Å². The number of anilines is 1. The molecule has 1 amide bonds. The molecule has 19 heavy (non-hydrogen) atoms. The minimum Gasteiger partial charge on any atom is -0.321 e. The molecule has 1 fully saturated rings. The van der Waals surface area contributed by atoms with Crippen LogP contribution < -0.4 is 5.32 Å². The van der Waals surface area contributed by atoms with Gasteiger partial charge in [0.25, 0.3) is 5.91 Å². The molecule has 3 nitrogen and oxygen atoms in total. The van der Waals surface area contributed by atoms with Crippen LogP contribution in [-0.4, -0.2) is 10.9 Å². The maximum Gasteiger partial charge on any atom is 0.275 e. The number of thiazole rings is 1. The predicted molar refractivity (Wildman–Crippen MR) is 77.7 cm³/mol. The molecule has 2 aromatic rings. The van der Waals surface area contributed by atoms with E-state index in [-0.39, 0.29) is 5.91 Å². The van der Waals surface area contributed by atoms with E-state index >= 15 is 0 Å². The zero-order chi connectivity index (χ0) is 13.1. The lowest BCUT2D eigenvalue weighted by Crippen LogP contribution is -2.12. The van der Waals surface area contributed by atoms with Gasteiger partial charge in [0.2, 0.25) is 0 Å². The van der Waals surface area contributed by atoms with E-state index in [0.29, 0.717) is 11.6 Å². The molecule has 1 aliphatic carbocycles. The summed E-state index contributed by atoms with van der Waals surface area (Å²) in [6, 6.07) is 8.23. The summed E-state index contributed by atoms with van der Waals surface area (Å²) in [6.45, 7) is 0. The minimum absolute atomic E-state index is 0.144. The van der Waals surface area contributed by atoms with Gasteiger partial charge in [0.15, 0.2) is 0 Å². The molecule has 0 saturated heterocycles. The lowest BCUT2D eigenvalue weighted by molar-refractivity contribution is 0.102. The summed E-state index contributed by atoms with van der Waals surface area (Å²) in [7, 11) is 0. The van der Waals surface area contributed by atoms with E-state index in [1.165, 1.54) is 42.6 Å². The molecule has 0 unspecified atom stereocenters. The van der Waals surface area contributed by atoms with Gasteiger partial charge in [0.1, 0.15) is 5.69 Å². The predicted octanol–water partition coefficient (Wildman–Crippen LogP) is 4.05. The van der Waals surface area contributed by atoms with Crippen LogP contribution in [-0.2, 0) is 0 Å². The summed E-state index contributed by atoms with van der Waals surface area (Å²) >= 11 is 1.43. The van der Waals surface area contributed by atoms with Crippen LogP contribution >= 0.6 is 11.3 Å². The second-order valence-corrected chi connectivity index (χ2v) is 5.65. The average molecular weight is 272 g/mol. The standard InChI is InChI=1S/C15H16N2OS/c18-15(14-9-19-10-16-14)17-13-7-5-12(6-8-13)11-3-1-2-4-11/h5-11H,1-4H2,(H,17,18). The first-order valence-corrected chi connectivity index (χ1v) is 7.57. The zero-order valence-corrected chi connectivity index (χ0v) is 11.5. The van der Waals surface area contributed by atoms with Crippen molar-refractivity contribution in [3.05, 3.63) is 46.4 Å². The van der Waals surface area contributed by atoms with Crippen molar-refractivity contribution >= 4 is 22.9 Å². The van der Waals surface area contributed by atoms with Crippen molar-refractivity contribution in [2.45, 2.75) is 31.6 Å². The van der Waals surface area contributed by atoms with Crippen molar-refractivity contribution in [2.24, 2.45) is 0 Å². The number of nitrogens with one attached hydrogen (secondary N) is 1. The first-order chi connectivity index (χ1) is 9.33. The molecule has 4 heteroatoms. The fourth-order valence-corrected chi connectivity index (χ4v) is 3.15. The summed E-state index contributed by atoms with van der Waals surface area (Å²) in [5.41, 5.74) is 4.37. The number of amides is 1. The molecule has 1 heterocycles. The molecular formula is C15H16N2OS. The topological polar surface area (TPSA) is 42.0 Å². The molecule has 1 N–H and O–H groups in total. The number of hydrogen-bond acceptors (Lipinski definition) is 3. The summed E-state index contributed by atoms with van der Waals surface area (Å²) in [5, 5.41) is 4.62. The van der Waals surface area contributed by atoms with E-state index in [1.807, 2.05) is 12.1 Å². The van der Waals surface area contributed by atoms with Crippen LogP contribution in [0.3, 0.4) is 0 Å². The Labute approximate surface area is 116 Å². The van der Waals surface area contributed by atoms with Gasteiger partial charge in [0, 0.05) is 11.1 Å². The molecule has 0 atom stereocenters. The molecule has 1 aliphatic rings. The van der Waals surface area contributed by atoms with Crippen molar-refractivity contribution in [3.63, 3.8) is 0 Å². The van der Waals surface area contributed by atoms with Crippen molar-refractivity contribution in [1.82, 2.24) is 4.98 Å². The zero-order valence-electron chi connectivity index (χ0n) is 10.6. The molecule has 0 bridgehead atoms. The Morgan fingerprint density at radius 3 is 2.58 bits per heavy atom. The van der Waals surface area contributed by atoms with E-state index in [9.17, 15) is 4.79 Å². The highest BCUT2D eigenvalue weighted by Gasteiger charge is 2.16. The Hall–Kier alpha value is -1.68. The van der Waals surface area contributed by atoms with Gasteiger partial charge in [0.05, 0.1) is 5.51 Å². The van der Waals surface area contributed by atoms with Gasteiger partial charge in [-0.15, -0.1) is 11.3 Å². The Morgan fingerprint density at radius 2 is 1.95 bits per heavy atom. The van der Waals surface area contributed by atoms with Gasteiger partial charge in [-0.05, 0) is 36.5 Å². The normalized spacial score (nSPS) is 15.6. The van der Waals surface area contributed by atoms with E-state index in [4.69, 9.17) is 0 Å². The summed E-state index contributed by atoms with van der Waals surface area (Å²) in [4.78, 5) is 15.8. The third-order valence-electron chi connectivity index (χ3n) is 3.66. The number of carbonyl (C=O) groups is 1. The van der Waals surface area contributed by atoms with Crippen molar-refractivity contribution in [1.29, 1.82) is 0 Å². The lowest BCUT2D eigenvalue weighted by Gasteiger charge is -2.10. The summed E-state index contributed by atoms with van der Waals surface area (Å²) in [5.74, 6) is 0.568. The second kappa shape index (κ2) is 5.53. The van der Waals surface area contributed by atoms with E-state index in [1.54, 1.807) is 10.9 Å². The fraction of sp³-hybridized carbons (Fsp3) is 0.333. The van der Waals surface area contributed by atoms with Crippen LogP contribution in [0.4, 0.5) is 5.69 Å². The fourth-order valence-electron chi connectivity index (χ4n) is 2.62. The van der Waals surface area contributed by atoms with Crippen LogP contribution in [0.1, 0.15) is 47.7 Å². The first-order valence-electron chi connectivity index (χ1n) is 6.62. The van der Waals surface area contributed by atoms with E-state index < -0.39 is 0 Å². The quantitative estimate of drug-likeness (QED) is 0.915. The monoisotopic (exact) mass is 272 g/mol. The van der Waals surface area contributed by atoms with Crippen molar-refractivity contribution in [3.8, 4) is 0 Å². The second-order valence-electron chi connectivity index (χ2n) is 4.93. The highest BCUT2D eigenvalue weighted by Crippen LogP contribution is 2.34. The van der Waals surface area contributed by atoms with Crippen LogP contribution in [0.15, 0.2) is 35.2 Å². The van der Waals surface area contributed by atoms with Crippen LogP contribution in [0.5, 0.6) is 0 Å². The molecule has 3 rings (SSSR count). The van der Waals surface area contributed by atoms with Crippen molar-refractivity contribution < 1.29 is 4.79 Å². The van der Waals surface area contributed by atoms with E-state index in [2.05, 4.69) is 22.4 Å². The molecule has 0 aliphatic heterocycles. The first kappa shape index (κ1) is 12.4. The third kappa shape index (κ3) is 2.84. The van der Waals surface area contributed by atoms with E-state index in [0.717, 1.165) is 5.69 Å². The third-order valence-corrected chi connectivity index (χ3v) is 4.25. The van der Waals surface area contributed by atoms with Crippen LogP contribution in [0.2, 0.25) is 0 Å². The SMILES string of the molecule is O=C(Nc1ccc(C2CCCC2)cc1)c1cscn1. The maximum atomic E-state index is 11.8. The molecule has 1 aromatic carbocycles. The number of benzene rings is 1. The highest BCUT2D eigenvalue weighted by atomic mass is 32.1. The number of hydrogen-bond donors (Lipinski definition) is 1. The molecule has 1 aromatic heterocycles. The molecule has 98 valence electrons. The van der Waals surface area contributed by atoms with Crippen LogP contribution in [0, 0.1) is 0 Å². The lowest BCUT2D eigenvalue weighted by atomic mass is 9.98. The van der Waals surface area contributed by atoms with Gasteiger partial charge in [-0.3, -0.25) is 4.79 Å².